The van der Waals surface area contributed by atoms with Crippen molar-refractivity contribution in [3.05, 3.63) is 47.3 Å². The Balaban J connectivity index is 2.01. The van der Waals surface area contributed by atoms with E-state index in [1.54, 1.807) is 29.6 Å². The molecule has 0 fully saturated rings. The summed E-state index contributed by atoms with van der Waals surface area (Å²) in [5.41, 5.74) is 0.720. The number of rotatable bonds is 7. The number of nitrogens with zero attached hydrogens (tertiary/aromatic N) is 1. The zero-order valence-electron chi connectivity index (χ0n) is 11.7. The first-order chi connectivity index (χ1) is 10.1. The van der Waals surface area contributed by atoms with Crippen molar-refractivity contribution in [3.63, 3.8) is 0 Å². The summed E-state index contributed by atoms with van der Waals surface area (Å²) >= 11 is 1.16. The van der Waals surface area contributed by atoms with Crippen LogP contribution >= 0.6 is 11.3 Å². The van der Waals surface area contributed by atoms with Crippen LogP contribution in [0.15, 0.2) is 50.4 Å². The normalized spacial score (nSPS) is 11.9. The Morgan fingerprint density at radius 1 is 1.24 bits per heavy atom. The van der Waals surface area contributed by atoms with Crippen molar-refractivity contribution in [2.45, 2.75) is 24.0 Å². The van der Waals surface area contributed by atoms with Crippen LogP contribution in [0.2, 0.25) is 0 Å². The van der Waals surface area contributed by atoms with E-state index in [1.165, 1.54) is 6.21 Å². The Labute approximate surface area is 129 Å². The fourth-order valence-electron chi connectivity index (χ4n) is 1.58. The molecule has 0 bridgehead atoms. The number of thiophene rings is 1. The highest BCUT2D eigenvalue weighted by Gasteiger charge is 2.12. The maximum absolute atomic E-state index is 11.9. The predicted octanol–water partition coefficient (Wildman–Crippen LogP) is 3.73. The minimum atomic E-state index is -3.59. The van der Waals surface area contributed by atoms with Gasteiger partial charge in [0.15, 0.2) is 0 Å². The van der Waals surface area contributed by atoms with Crippen LogP contribution in [0.5, 0.6) is 5.75 Å². The molecule has 6 heteroatoms. The zero-order valence-corrected chi connectivity index (χ0v) is 13.4. The molecular formula is C15H17NO3S2. The highest BCUT2D eigenvalue weighted by atomic mass is 32.2. The Morgan fingerprint density at radius 2 is 2.00 bits per heavy atom. The Morgan fingerprint density at radius 3 is 2.62 bits per heavy atom. The quantitative estimate of drug-likeness (QED) is 0.576. The van der Waals surface area contributed by atoms with Crippen molar-refractivity contribution in [3.8, 4) is 5.75 Å². The molecule has 0 atom stereocenters. The van der Waals surface area contributed by atoms with Gasteiger partial charge >= 0.3 is 0 Å². The van der Waals surface area contributed by atoms with Crippen LogP contribution in [0.4, 0.5) is 0 Å². The van der Waals surface area contributed by atoms with E-state index in [2.05, 4.69) is 11.3 Å². The zero-order chi connectivity index (χ0) is 15.1. The van der Waals surface area contributed by atoms with E-state index in [-0.39, 0.29) is 4.21 Å². The van der Waals surface area contributed by atoms with Gasteiger partial charge in [-0.05, 0) is 47.7 Å². The number of hydrogen-bond acceptors (Lipinski definition) is 4. The minimum absolute atomic E-state index is 0.248. The van der Waals surface area contributed by atoms with Crippen LogP contribution in [0.1, 0.15) is 25.3 Å². The lowest BCUT2D eigenvalue weighted by Crippen LogP contribution is -1.97. The van der Waals surface area contributed by atoms with Gasteiger partial charge in [0, 0.05) is 6.21 Å². The van der Waals surface area contributed by atoms with Crippen molar-refractivity contribution in [1.82, 2.24) is 0 Å². The summed E-state index contributed by atoms with van der Waals surface area (Å²) in [7, 11) is -3.59. The summed E-state index contributed by atoms with van der Waals surface area (Å²) < 4.78 is 33.3. The van der Waals surface area contributed by atoms with Gasteiger partial charge in [-0.25, -0.2) is 0 Å². The summed E-state index contributed by atoms with van der Waals surface area (Å²) in [6, 6.07) is 10.4. The van der Waals surface area contributed by atoms with Crippen molar-refractivity contribution in [2.75, 3.05) is 6.61 Å². The molecule has 1 aromatic heterocycles. The van der Waals surface area contributed by atoms with Gasteiger partial charge in [0.2, 0.25) is 0 Å². The maximum atomic E-state index is 11.9. The van der Waals surface area contributed by atoms with E-state index in [0.717, 1.165) is 35.5 Å². The molecule has 2 aromatic rings. The molecule has 112 valence electrons. The number of unbranched alkanes of at least 4 members (excludes halogenated alkanes) is 1. The third-order valence-corrected chi connectivity index (χ3v) is 5.35. The van der Waals surface area contributed by atoms with Crippen molar-refractivity contribution >= 4 is 27.6 Å². The molecule has 0 spiro atoms. The minimum Gasteiger partial charge on any atom is -0.494 e. The van der Waals surface area contributed by atoms with Gasteiger partial charge in [-0.1, -0.05) is 19.4 Å². The number of ether oxygens (including phenoxy) is 1. The maximum Gasteiger partial charge on any atom is 0.291 e. The summed E-state index contributed by atoms with van der Waals surface area (Å²) in [6.07, 6.45) is 3.46. The summed E-state index contributed by atoms with van der Waals surface area (Å²) in [5.74, 6) is 0.779. The lowest BCUT2D eigenvalue weighted by molar-refractivity contribution is 0.309. The first-order valence-electron chi connectivity index (χ1n) is 6.68. The smallest absolute Gasteiger partial charge is 0.291 e. The lowest BCUT2D eigenvalue weighted by Gasteiger charge is -2.04. The van der Waals surface area contributed by atoms with Gasteiger partial charge in [0.05, 0.1) is 6.61 Å². The number of hydrogen-bond donors (Lipinski definition) is 0. The first kappa shape index (κ1) is 15.7. The summed E-state index contributed by atoms with van der Waals surface area (Å²) in [5, 5.41) is 1.71. The van der Waals surface area contributed by atoms with E-state index >= 15 is 0 Å². The third-order valence-electron chi connectivity index (χ3n) is 2.74. The van der Waals surface area contributed by atoms with Crippen LogP contribution < -0.4 is 4.74 Å². The fourth-order valence-corrected chi connectivity index (χ4v) is 3.42. The second-order valence-corrected chi connectivity index (χ2v) is 7.22. The molecule has 0 saturated carbocycles. The molecular weight excluding hydrogens is 306 g/mol. The molecule has 1 heterocycles. The third kappa shape index (κ3) is 4.68. The van der Waals surface area contributed by atoms with Gasteiger partial charge < -0.3 is 4.74 Å². The molecule has 0 unspecified atom stereocenters. The Kier molecular flexibility index (Phi) is 5.52. The summed E-state index contributed by atoms with van der Waals surface area (Å²) in [6.45, 7) is 2.80. The van der Waals surface area contributed by atoms with Crippen LogP contribution in [0.25, 0.3) is 0 Å². The molecule has 0 amide bonds. The molecule has 0 saturated heterocycles. The largest absolute Gasteiger partial charge is 0.494 e. The van der Waals surface area contributed by atoms with Gasteiger partial charge in [-0.2, -0.15) is 12.8 Å². The van der Waals surface area contributed by atoms with Gasteiger partial charge in [-0.3, -0.25) is 0 Å². The monoisotopic (exact) mass is 323 g/mol. The molecule has 2 rings (SSSR count). The average molecular weight is 323 g/mol. The number of sulfonamides is 1. The second kappa shape index (κ2) is 7.38. The van der Waals surface area contributed by atoms with E-state index in [4.69, 9.17) is 4.74 Å². The van der Waals surface area contributed by atoms with Crippen LogP contribution in [0, 0.1) is 0 Å². The highest BCUT2D eigenvalue weighted by Crippen LogP contribution is 2.18. The van der Waals surface area contributed by atoms with Gasteiger partial charge in [0.1, 0.15) is 9.96 Å². The molecule has 0 aliphatic carbocycles. The lowest BCUT2D eigenvalue weighted by atomic mass is 10.2. The van der Waals surface area contributed by atoms with Crippen molar-refractivity contribution < 1.29 is 13.2 Å². The van der Waals surface area contributed by atoms with Crippen molar-refractivity contribution in [1.29, 1.82) is 0 Å². The van der Waals surface area contributed by atoms with E-state index < -0.39 is 10.0 Å². The fraction of sp³-hybridized carbons (Fsp3) is 0.267. The van der Waals surface area contributed by atoms with E-state index in [0.29, 0.717) is 6.61 Å². The Bertz CT molecular complexity index is 674. The van der Waals surface area contributed by atoms with Crippen LogP contribution in [-0.4, -0.2) is 21.2 Å². The molecule has 4 nitrogen and oxygen atoms in total. The van der Waals surface area contributed by atoms with Gasteiger partial charge in [-0.15, -0.1) is 11.3 Å². The predicted molar refractivity (Wildman–Crippen MR) is 85.9 cm³/mol. The first-order valence-corrected chi connectivity index (χ1v) is 9.00. The molecule has 0 aliphatic heterocycles. The van der Waals surface area contributed by atoms with E-state index in [1.807, 2.05) is 12.1 Å². The standard InChI is InChI=1S/C15H17NO3S2/c1-2-3-10-19-14-8-6-13(7-9-14)12-16-21(17,18)15-5-4-11-20-15/h4-9,11-12H,2-3,10H2,1H3/b16-12-. The number of benzene rings is 1. The van der Waals surface area contributed by atoms with E-state index in [9.17, 15) is 8.42 Å². The molecule has 0 N–H and O–H groups in total. The molecule has 1 aromatic carbocycles. The van der Waals surface area contributed by atoms with Crippen LogP contribution in [0.3, 0.4) is 0 Å². The molecule has 21 heavy (non-hydrogen) atoms. The Hall–Kier alpha value is -1.66. The molecule has 0 aliphatic rings. The topological polar surface area (TPSA) is 55.7 Å². The van der Waals surface area contributed by atoms with Gasteiger partial charge in [0.25, 0.3) is 10.0 Å². The molecule has 0 radical (unpaired) electrons. The van der Waals surface area contributed by atoms with Crippen LogP contribution in [-0.2, 0) is 10.0 Å². The average Bonchev–Trinajstić information content (AvgIpc) is 3.02. The second-order valence-electron chi connectivity index (χ2n) is 4.41. The summed E-state index contributed by atoms with van der Waals surface area (Å²) in [4.78, 5) is 0. The highest BCUT2D eigenvalue weighted by molar-refractivity contribution is 7.92. The van der Waals surface area contributed by atoms with Crippen molar-refractivity contribution in [2.24, 2.45) is 4.40 Å². The SMILES string of the molecule is CCCCOc1ccc(/C=N\S(=O)(=O)c2cccs2)cc1.